The van der Waals surface area contributed by atoms with E-state index in [1.54, 1.807) is 0 Å². The number of benzene rings is 1. The fraction of sp³-hybridized carbons (Fsp3) is 0.476. The highest BCUT2D eigenvalue weighted by Crippen LogP contribution is 2.33. The average Bonchev–Trinajstić information content (AvgIpc) is 3.03. The standard InChI is InChI=1S/C21H25N3O3/c1-14-21-17(13-27-14)11-20(26)24(23-21)12-19(25)22-18-9-7-16(8-10-18)15-5-3-2-4-6-15/h7-11,14-15H,2-6,12-13H2,1H3,(H,22,25)/t14-/m0/s1. The first-order valence-corrected chi connectivity index (χ1v) is 9.72. The molecule has 1 aliphatic carbocycles. The maximum atomic E-state index is 12.4. The maximum Gasteiger partial charge on any atom is 0.267 e. The second-order valence-corrected chi connectivity index (χ2v) is 7.51. The lowest BCUT2D eigenvalue weighted by atomic mass is 9.84. The number of aromatic nitrogens is 2. The molecular weight excluding hydrogens is 342 g/mol. The van der Waals surface area contributed by atoms with Gasteiger partial charge in [0, 0.05) is 17.3 Å². The van der Waals surface area contributed by atoms with Crippen LogP contribution in [0, 0.1) is 0 Å². The number of hydrogen-bond acceptors (Lipinski definition) is 4. The summed E-state index contributed by atoms with van der Waals surface area (Å²) in [6.07, 6.45) is 6.29. The van der Waals surface area contributed by atoms with Gasteiger partial charge in [0.25, 0.3) is 5.56 Å². The third-order valence-corrected chi connectivity index (χ3v) is 5.55. The summed E-state index contributed by atoms with van der Waals surface area (Å²) < 4.78 is 6.68. The maximum absolute atomic E-state index is 12.4. The quantitative estimate of drug-likeness (QED) is 0.897. The Morgan fingerprint density at radius 1 is 1.22 bits per heavy atom. The lowest BCUT2D eigenvalue weighted by Crippen LogP contribution is -2.30. The molecule has 6 nitrogen and oxygen atoms in total. The van der Waals surface area contributed by atoms with Crippen molar-refractivity contribution < 1.29 is 9.53 Å². The van der Waals surface area contributed by atoms with Crippen molar-refractivity contribution in [1.29, 1.82) is 0 Å². The second-order valence-electron chi connectivity index (χ2n) is 7.51. The van der Waals surface area contributed by atoms with Gasteiger partial charge < -0.3 is 10.1 Å². The molecule has 1 aromatic heterocycles. The van der Waals surface area contributed by atoms with E-state index in [9.17, 15) is 9.59 Å². The van der Waals surface area contributed by atoms with Crippen LogP contribution in [-0.4, -0.2) is 15.7 Å². The van der Waals surface area contributed by atoms with Crippen LogP contribution in [0.5, 0.6) is 0 Å². The van der Waals surface area contributed by atoms with Gasteiger partial charge in [-0.3, -0.25) is 9.59 Å². The fourth-order valence-corrected chi connectivity index (χ4v) is 4.02. The minimum Gasteiger partial charge on any atom is -0.367 e. The Labute approximate surface area is 158 Å². The molecule has 0 spiro atoms. The first kappa shape index (κ1) is 17.9. The topological polar surface area (TPSA) is 73.2 Å². The number of nitrogens with zero attached hydrogens (tertiary/aromatic N) is 2. The number of amides is 1. The van der Waals surface area contributed by atoms with E-state index in [-0.39, 0.29) is 24.1 Å². The van der Waals surface area contributed by atoms with E-state index < -0.39 is 0 Å². The molecule has 0 bridgehead atoms. The molecule has 0 saturated heterocycles. The molecule has 1 N–H and O–H groups in total. The van der Waals surface area contributed by atoms with Gasteiger partial charge in [0.1, 0.15) is 6.54 Å². The highest BCUT2D eigenvalue weighted by atomic mass is 16.5. The van der Waals surface area contributed by atoms with Crippen LogP contribution in [0.15, 0.2) is 35.1 Å². The van der Waals surface area contributed by atoms with Crippen LogP contribution in [0.25, 0.3) is 0 Å². The summed E-state index contributed by atoms with van der Waals surface area (Å²) in [5, 5.41) is 7.17. The van der Waals surface area contributed by atoms with Gasteiger partial charge in [0.15, 0.2) is 0 Å². The van der Waals surface area contributed by atoms with Crippen LogP contribution in [0.1, 0.15) is 67.9 Å². The normalized spacial score (nSPS) is 19.7. The van der Waals surface area contributed by atoms with E-state index in [4.69, 9.17) is 4.74 Å². The van der Waals surface area contributed by atoms with Crippen LogP contribution in [0.2, 0.25) is 0 Å². The SMILES string of the molecule is C[C@@H]1OCc2cc(=O)n(CC(=O)Nc3ccc(C4CCCCC4)cc3)nc21. The number of anilines is 1. The summed E-state index contributed by atoms with van der Waals surface area (Å²) in [5.74, 6) is 0.378. The Bertz CT molecular complexity index is 883. The molecule has 0 radical (unpaired) electrons. The molecule has 2 aromatic rings. The van der Waals surface area contributed by atoms with E-state index in [0.717, 1.165) is 16.9 Å². The minimum absolute atomic E-state index is 0.108. The summed E-state index contributed by atoms with van der Waals surface area (Å²) in [5.41, 5.74) is 3.35. The van der Waals surface area contributed by atoms with E-state index in [1.807, 2.05) is 19.1 Å². The van der Waals surface area contributed by atoms with Gasteiger partial charge in [0.2, 0.25) is 5.91 Å². The van der Waals surface area contributed by atoms with Crippen molar-refractivity contribution in [3.05, 3.63) is 57.5 Å². The molecule has 1 amide bonds. The molecule has 1 fully saturated rings. The molecule has 1 aromatic carbocycles. The largest absolute Gasteiger partial charge is 0.367 e. The van der Waals surface area contributed by atoms with E-state index in [1.165, 1.54) is 48.4 Å². The fourth-order valence-electron chi connectivity index (χ4n) is 4.02. The van der Waals surface area contributed by atoms with Gasteiger partial charge in [0.05, 0.1) is 18.4 Å². The van der Waals surface area contributed by atoms with Crippen LogP contribution < -0.4 is 10.9 Å². The van der Waals surface area contributed by atoms with Crippen LogP contribution in [0.3, 0.4) is 0 Å². The minimum atomic E-state index is -0.283. The lowest BCUT2D eigenvalue weighted by Gasteiger charge is -2.22. The smallest absolute Gasteiger partial charge is 0.267 e. The third kappa shape index (κ3) is 3.95. The number of fused-ring (bicyclic) bond motifs is 1. The number of carbonyl (C=O) groups excluding carboxylic acids is 1. The van der Waals surface area contributed by atoms with Gasteiger partial charge in [-0.1, -0.05) is 31.4 Å². The summed E-state index contributed by atoms with van der Waals surface area (Å²) in [7, 11) is 0. The molecular formula is C21H25N3O3. The van der Waals surface area contributed by atoms with Crippen molar-refractivity contribution >= 4 is 11.6 Å². The molecule has 6 heteroatoms. The van der Waals surface area contributed by atoms with E-state index in [2.05, 4.69) is 22.5 Å². The average molecular weight is 367 g/mol. The van der Waals surface area contributed by atoms with Gasteiger partial charge in [-0.2, -0.15) is 5.10 Å². The Balaban J connectivity index is 1.41. The molecule has 1 saturated carbocycles. The lowest BCUT2D eigenvalue weighted by molar-refractivity contribution is -0.117. The monoisotopic (exact) mass is 367 g/mol. The molecule has 1 atom stereocenters. The predicted octanol–water partition coefficient (Wildman–Crippen LogP) is 3.52. The Hall–Kier alpha value is -2.47. The molecule has 2 heterocycles. The highest BCUT2D eigenvalue weighted by molar-refractivity contribution is 5.90. The summed E-state index contributed by atoms with van der Waals surface area (Å²) in [6, 6.07) is 9.60. The summed E-state index contributed by atoms with van der Waals surface area (Å²) in [4.78, 5) is 24.5. The van der Waals surface area contributed by atoms with Gasteiger partial charge in [-0.25, -0.2) is 4.68 Å². The third-order valence-electron chi connectivity index (χ3n) is 5.55. The highest BCUT2D eigenvalue weighted by Gasteiger charge is 2.23. The molecule has 27 heavy (non-hydrogen) atoms. The van der Waals surface area contributed by atoms with Crippen LogP contribution >= 0.6 is 0 Å². The number of rotatable bonds is 4. The van der Waals surface area contributed by atoms with Crippen LogP contribution in [0.4, 0.5) is 5.69 Å². The van der Waals surface area contributed by atoms with Crippen LogP contribution in [-0.2, 0) is 22.7 Å². The number of ether oxygens (including phenoxy) is 1. The van der Waals surface area contributed by atoms with Crippen molar-refractivity contribution in [3.8, 4) is 0 Å². The predicted molar refractivity (Wildman–Crippen MR) is 103 cm³/mol. The van der Waals surface area contributed by atoms with Gasteiger partial charge >= 0.3 is 0 Å². The van der Waals surface area contributed by atoms with Gasteiger partial charge in [-0.15, -0.1) is 0 Å². The number of hydrogen-bond donors (Lipinski definition) is 1. The number of carbonyl (C=O) groups is 1. The van der Waals surface area contributed by atoms with E-state index in [0.29, 0.717) is 12.5 Å². The molecule has 2 aliphatic rings. The van der Waals surface area contributed by atoms with Crippen molar-refractivity contribution in [1.82, 2.24) is 9.78 Å². The Morgan fingerprint density at radius 2 is 1.96 bits per heavy atom. The Kier molecular flexibility index (Phi) is 5.07. The number of nitrogens with one attached hydrogen (secondary N) is 1. The zero-order chi connectivity index (χ0) is 18.8. The first-order chi connectivity index (χ1) is 13.1. The zero-order valence-electron chi connectivity index (χ0n) is 15.6. The summed E-state index contributed by atoms with van der Waals surface area (Å²) in [6.45, 7) is 2.18. The van der Waals surface area contributed by atoms with Crippen molar-refractivity contribution in [2.45, 2.75) is 64.2 Å². The summed E-state index contributed by atoms with van der Waals surface area (Å²) >= 11 is 0. The van der Waals surface area contributed by atoms with Crippen molar-refractivity contribution in [2.75, 3.05) is 5.32 Å². The van der Waals surface area contributed by atoms with Crippen molar-refractivity contribution in [3.63, 3.8) is 0 Å². The van der Waals surface area contributed by atoms with Crippen molar-refractivity contribution in [2.24, 2.45) is 0 Å². The van der Waals surface area contributed by atoms with E-state index >= 15 is 0 Å². The zero-order valence-corrected chi connectivity index (χ0v) is 15.6. The van der Waals surface area contributed by atoms with Gasteiger partial charge in [-0.05, 0) is 43.4 Å². The second kappa shape index (κ2) is 7.64. The Morgan fingerprint density at radius 3 is 2.70 bits per heavy atom. The first-order valence-electron chi connectivity index (χ1n) is 9.72. The molecule has 142 valence electrons. The molecule has 0 unspecified atom stereocenters. The molecule has 4 rings (SSSR count). The molecule has 1 aliphatic heterocycles.